The molecule has 0 radical (unpaired) electrons. The Bertz CT molecular complexity index is 471. The molecule has 0 aromatic carbocycles. The second kappa shape index (κ2) is 7.29. The molecule has 1 rings (SSSR count). The zero-order valence-electron chi connectivity index (χ0n) is 10.4. The highest BCUT2D eigenvalue weighted by atomic mass is 32.2. The molecule has 0 bridgehead atoms. The molecule has 10 heteroatoms. The van der Waals surface area contributed by atoms with E-state index in [9.17, 15) is 18.0 Å². The van der Waals surface area contributed by atoms with Crippen molar-refractivity contribution in [1.29, 1.82) is 0 Å². The number of carbonyl (C=O) groups is 1. The fourth-order valence-electron chi connectivity index (χ4n) is 1.10. The second-order valence-electron chi connectivity index (χ2n) is 3.31. The van der Waals surface area contributed by atoms with Gasteiger partial charge < -0.3 is 10.5 Å². The molecule has 1 heterocycles. The van der Waals surface area contributed by atoms with Gasteiger partial charge in [-0.2, -0.15) is 0 Å². The van der Waals surface area contributed by atoms with Gasteiger partial charge in [0.25, 0.3) is 0 Å². The van der Waals surface area contributed by atoms with E-state index in [1.807, 2.05) is 0 Å². The van der Waals surface area contributed by atoms with Crippen molar-refractivity contribution in [2.24, 2.45) is 0 Å². The standard InChI is InChI=1S/C10H12F3N3O3S/c1-2-18-8(17)6-5-15-9(16-7(6)14)20-4-3-19-10(11,12)13/h5H,2-4H2,1H3,(H2,14,15,16). The average molecular weight is 311 g/mol. The number of hydrogen-bond donors (Lipinski definition) is 1. The summed E-state index contributed by atoms with van der Waals surface area (Å²) in [6.07, 6.45) is -3.48. The molecule has 0 aliphatic carbocycles. The number of ether oxygens (including phenoxy) is 2. The first kappa shape index (κ1) is 16.5. The van der Waals surface area contributed by atoms with Gasteiger partial charge in [0.2, 0.25) is 0 Å². The lowest BCUT2D eigenvalue weighted by Crippen LogP contribution is -2.15. The Morgan fingerprint density at radius 2 is 2.20 bits per heavy atom. The van der Waals surface area contributed by atoms with Crippen molar-refractivity contribution < 1.29 is 27.4 Å². The zero-order valence-corrected chi connectivity index (χ0v) is 11.3. The van der Waals surface area contributed by atoms with Gasteiger partial charge in [0.15, 0.2) is 5.16 Å². The number of halogens is 3. The van der Waals surface area contributed by atoms with E-state index in [0.717, 1.165) is 11.8 Å². The van der Waals surface area contributed by atoms with E-state index in [1.165, 1.54) is 6.20 Å². The Labute approximate surface area is 116 Å². The van der Waals surface area contributed by atoms with Gasteiger partial charge in [0.1, 0.15) is 11.4 Å². The monoisotopic (exact) mass is 311 g/mol. The molecule has 20 heavy (non-hydrogen) atoms. The van der Waals surface area contributed by atoms with Crippen molar-refractivity contribution in [3.63, 3.8) is 0 Å². The fourth-order valence-corrected chi connectivity index (χ4v) is 1.74. The Kier molecular flexibility index (Phi) is 6.02. The van der Waals surface area contributed by atoms with Crippen LogP contribution in [0.25, 0.3) is 0 Å². The van der Waals surface area contributed by atoms with Crippen molar-refractivity contribution in [2.45, 2.75) is 18.4 Å². The summed E-state index contributed by atoms with van der Waals surface area (Å²) in [7, 11) is 0. The summed E-state index contributed by atoms with van der Waals surface area (Å²) in [6.45, 7) is 1.29. The fraction of sp³-hybridized carbons (Fsp3) is 0.500. The first-order valence-electron chi connectivity index (χ1n) is 5.46. The lowest BCUT2D eigenvalue weighted by molar-refractivity contribution is -0.322. The Balaban J connectivity index is 2.53. The van der Waals surface area contributed by atoms with Crippen LogP contribution in [0.5, 0.6) is 0 Å². The van der Waals surface area contributed by atoms with E-state index in [2.05, 4.69) is 14.7 Å². The third-order valence-corrected chi connectivity index (χ3v) is 2.70. The first-order valence-corrected chi connectivity index (χ1v) is 6.45. The van der Waals surface area contributed by atoms with Crippen LogP contribution in [0.4, 0.5) is 19.0 Å². The maximum absolute atomic E-state index is 11.7. The number of nitrogen functional groups attached to an aromatic ring is 1. The third kappa shape index (κ3) is 5.61. The van der Waals surface area contributed by atoms with Gasteiger partial charge in [-0.05, 0) is 6.92 Å². The predicted octanol–water partition coefficient (Wildman–Crippen LogP) is 1.86. The number of thioether (sulfide) groups is 1. The molecule has 0 amide bonds. The summed E-state index contributed by atoms with van der Waals surface area (Å²) < 4.78 is 43.5. The highest BCUT2D eigenvalue weighted by Crippen LogP contribution is 2.20. The number of rotatable bonds is 6. The SMILES string of the molecule is CCOC(=O)c1cnc(SCCOC(F)(F)F)nc1N. The highest BCUT2D eigenvalue weighted by molar-refractivity contribution is 7.99. The van der Waals surface area contributed by atoms with E-state index in [4.69, 9.17) is 10.5 Å². The Morgan fingerprint density at radius 1 is 1.50 bits per heavy atom. The van der Waals surface area contributed by atoms with Gasteiger partial charge in [-0.25, -0.2) is 14.8 Å². The quantitative estimate of drug-likeness (QED) is 0.371. The molecule has 1 aromatic heterocycles. The molecule has 0 aliphatic rings. The Hall–Kier alpha value is -1.55. The van der Waals surface area contributed by atoms with Gasteiger partial charge in [0, 0.05) is 11.9 Å². The smallest absolute Gasteiger partial charge is 0.462 e. The van der Waals surface area contributed by atoms with Crippen LogP contribution in [-0.2, 0) is 9.47 Å². The maximum atomic E-state index is 11.7. The molecule has 2 N–H and O–H groups in total. The van der Waals surface area contributed by atoms with E-state index in [1.54, 1.807) is 6.92 Å². The molecule has 0 saturated heterocycles. The van der Waals surface area contributed by atoms with Gasteiger partial charge in [-0.3, -0.25) is 4.74 Å². The third-order valence-electron chi connectivity index (χ3n) is 1.87. The van der Waals surface area contributed by atoms with Crippen molar-refractivity contribution in [2.75, 3.05) is 24.7 Å². The van der Waals surface area contributed by atoms with E-state index in [0.29, 0.717) is 0 Å². The molecular formula is C10H12F3N3O3S. The normalized spacial score (nSPS) is 11.4. The zero-order chi connectivity index (χ0) is 15.2. The summed E-state index contributed by atoms with van der Waals surface area (Å²) in [5.74, 6) is -0.739. The summed E-state index contributed by atoms with van der Waals surface area (Å²) >= 11 is 0.930. The number of nitrogens with zero attached hydrogens (tertiary/aromatic N) is 2. The molecule has 0 fully saturated rings. The lowest BCUT2D eigenvalue weighted by Gasteiger charge is -2.07. The molecule has 0 spiro atoms. The number of anilines is 1. The van der Waals surface area contributed by atoms with Crippen molar-refractivity contribution in [3.8, 4) is 0 Å². The van der Waals surface area contributed by atoms with Gasteiger partial charge in [-0.15, -0.1) is 13.2 Å². The minimum Gasteiger partial charge on any atom is -0.462 e. The van der Waals surface area contributed by atoms with Crippen LogP contribution >= 0.6 is 11.8 Å². The van der Waals surface area contributed by atoms with Crippen LogP contribution in [0.3, 0.4) is 0 Å². The van der Waals surface area contributed by atoms with Crippen LogP contribution in [0.2, 0.25) is 0 Å². The molecule has 6 nitrogen and oxygen atoms in total. The van der Waals surface area contributed by atoms with E-state index < -0.39 is 18.9 Å². The van der Waals surface area contributed by atoms with Crippen LogP contribution in [0.15, 0.2) is 11.4 Å². The van der Waals surface area contributed by atoms with Crippen LogP contribution in [0.1, 0.15) is 17.3 Å². The van der Waals surface area contributed by atoms with Crippen LogP contribution < -0.4 is 5.73 Å². The number of carbonyl (C=O) groups excluding carboxylic acids is 1. The molecule has 0 unspecified atom stereocenters. The minimum absolute atomic E-state index is 0.00228. The second-order valence-corrected chi connectivity index (χ2v) is 4.38. The van der Waals surface area contributed by atoms with E-state index in [-0.39, 0.29) is 28.9 Å². The molecule has 1 aromatic rings. The lowest BCUT2D eigenvalue weighted by atomic mass is 10.3. The number of nitrogens with two attached hydrogens (primary N) is 1. The average Bonchev–Trinajstić information content (AvgIpc) is 2.34. The number of hydrogen-bond acceptors (Lipinski definition) is 7. The van der Waals surface area contributed by atoms with Crippen LogP contribution in [0, 0.1) is 0 Å². The predicted molar refractivity (Wildman–Crippen MR) is 65.1 cm³/mol. The van der Waals surface area contributed by atoms with Crippen molar-refractivity contribution in [1.82, 2.24) is 9.97 Å². The van der Waals surface area contributed by atoms with Crippen LogP contribution in [-0.4, -0.2) is 41.3 Å². The summed E-state index contributed by atoms with van der Waals surface area (Å²) in [5.41, 5.74) is 5.57. The molecule has 0 saturated carbocycles. The Morgan fingerprint density at radius 3 is 2.75 bits per heavy atom. The first-order chi connectivity index (χ1) is 9.33. The van der Waals surface area contributed by atoms with E-state index >= 15 is 0 Å². The molecular weight excluding hydrogens is 299 g/mol. The topological polar surface area (TPSA) is 87.3 Å². The van der Waals surface area contributed by atoms with Crippen molar-refractivity contribution >= 4 is 23.5 Å². The molecule has 0 atom stereocenters. The molecule has 112 valence electrons. The summed E-state index contributed by atoms with van der Waals surface area (Å²) in [4.78, 5) is 19.0. The number of esters is 1. The minimum atomic E-state index is -4.66. The number of aromatic nitrogens is 2. The van der Waals surface area contributed by atoms with Crippen molar-refractivity contribution in [3.05, 3.63) is 11.8 Å². The summed E-state index contributed by atoms with van der Waals surface area (Å²) in [6, 6.07) is 0. The maximum Gasteiger partial charge on any atom is 0.522 e. The van der Waals surface area contributed by atoms with Gasteiger partial charge >= 0.3 is 12.3 Å². The summed E-state index contributed by atoms with van der Waals surface area (Å²) in [5, 5.41) is 0.154. The number of alkyl halides is 3. The van der Waals surface area contributed by atoms with Gasteiger partial charge in [-0.1, -0.05) is 11.8 Å². The largest absolute Gasteiger partial charge is 0.522 e. The van der Waals surface area contributed by atoms with Gasteiger partial charge in [0.05, 0.1) is 13.2 Å². The molecule has 0 aliphatic heterocycles. The highest BCUT2D eigenvalue weighted by Gasteiger charge is 2.28.